The standard InChI is InChI=1S/C11H8F2N4O2/c12-6-2-1-3-8(9(6)13)19-11-15-5-4-7(16-11)10(14)17-18/h1-5,18H,(H2,14,17). The van der Waals surface area contributed by atoms with Crippen molar-refractivity contribution in [1.82, 2.24) is 9.97 Å². The van der Waals surface area contributed by atoms with Crippen molar-refractivity contribution in [2.24, 2.45) is 10.9 Å². The molecule has 0 unspecified atom stereocenters. The molecule has 0 atom stereocenters. The van der Waals surface area contributed by atoms with E-state index in [0.717, 1.165) is 6.07 Å². The highest BCUT2D eigenvalue weighted by Crippen LogP contribution is 2.23. The SMILES string of the molecule is N/C(=N/O)c1ccnc(Oc2cccc(F)c2F)n1. The van der Waals surface area contributed by atoms with Crippen LogP contribution >= 0.6 is 0 Å². The molecule has 19 heavy (non-hydrogen) atoms. The van der Waals surface area contributed by atoms with Gasteiger partial charge >= 0.3 is 6.01 Å². The molecule has 0 radical (unpaired) electrons. The number of benzene rings is 1. The predicted octanol–water partition coefficient (Wildman–Crippen LogP) is 1.64. The lowest BCUT2D eigenvalue weighted by atomic mass is 10.3. The molecule has 0 amide bonds. The van der Waals surface area contributed by atoms with Gasteiger partial charge < -0.3 is 15.7 Å². The van der Waals surface area contributed by atoms with E-state index in [9.17, 15) is 8.78 Å². The summed E-state index contributed by atoms with van der Waals surface area (Å²) in [7, 11) is 0. The van der Waals surface area contributed by atoms with Crippen molar-refractivity contribution < 1.29 is 18.7 Å². The van der Waals surface area contributed by atoms with Gasteiger partial charge in [0.2, 0.25) is 5.82 Å². The van der Waals surface area contributed by atoms with Gasteiger partial charge in [-0.1, -0.05) is 11.2 Å². The molecule has 98 valence electrons. The van der Waals surface area contributed by atoms with Gasteiger partial charge in [0.25, 0.3) is 0 Å². The summed E-state index contributed by atoms with van der Waals surface area (Å²) in [6.45, 7) is 0. The van der Waals surface area contributed by atoms with E-state index in [1.54, 1.807) is 0 Å². The van der Waals surface area contributed by atoms with Crippen LogP contribution in [-0.2, 0) is 0 Å². The average Bonchev–Trinajstić information content (AvgIpc) is 2.43. The lowest BCUT2D eigenvalue weighted by Crippen LogP contribution is -2.15. The molecule has 2 aromatic rings. The molecule has 0 aliphatic heterocycles. The molecule has 0 saturated carbocycles. The highest BCUT2D eigenvalue weighted by Gasteiger charge is 2.12. The first-order valence-corrected chi connectivity index (χ1v) is 5.04. The molecule has 0 aliphatic rings. The molecule has 3 N–H and O–H groups in total. The van der Waals surface area contributed by atoms with E-state index in [0.29, 0.717) is 0 Å². The van der Waals surface area contributed by atoms with E-state index in [4.69, 9.17) is 15.7 Å². The Morgan fingerprint density at radius 1 is 1.32 bits per heavy atom. The monoisotopic (exact) mass is 266 g/mol. The third-order valence-electron chi connectivity index (χ3n) is 2.12. The Morgan fingerprint density at radius 3 is 2.84 bits per heavy atom. The first-order chi connectivity index (χ1) is 9.11. The van der Waals surface area contributed by atoms with E-state index < -0.39 is 11.6 Å². The Morgan fingerprint density at radius 2 is 2.11 bits per heavy atom. The van der Waals surface area contributed by atoms with Gasteiger partial charge in [-0.05, 0) is 18.2 Å². The van der Waals surface area contributed by atoms with E-state index in [2.05, 4.69) is 15.1 Å². The Balaban J connectivity index is 2.31. The number of ether oxygens (including phenoxy) is 1. The first-order valence-electron chi connectivity index (χ1n) is 5.04. The fourth-order valence-electron chi connectivity index (χ4n) is 1.25. The highest BCUT2D eigenvalue weighted by atomic mass is 19.2. The lowest BCUT2D eigenvalue weighted by molar-refractivity contribution is 0.318. The van der Waals surface area contributed by atoms with Crippen LogP contribution in [0.1, 0.15) is 5.69 Å². The van der Waals surface area contributed by atoms with Gasteiger partial charge in [0.15, 0.2) is 17.4 Å². The number of amidine groups is 1. The number of halogens is 2. The average molecular weight is 266 g/mol. The summed E-state index contributed by atoms with van der Waals surface area (Å²) in [5, 5.41) is 11.3. The fourth-order valence-corrected chi connectivity index (χ4v) is 1.25. The maximum Gasteiger partial charge on any atom is 0.322 e. The zero-order chi connectivity index (χ0) is 13.8. The van der Waals surface area contributed by atoms with Crippen molar-refractivity contribution in [3.8, 4) is 11.8 Å². The predicted molar refractivity (Wildman–Crippen MR) is 61.0 cm³/mol. The van der Waals surface area contributed by atoms with Crippen LogP contribution in [0.3, 0.4) is 0 Å². The lowest BCUT2D eigenvalue weighted by Gasteiger charge is -2.06. The zero-order valence-electron chi connectivity index (χ0n) is 9.42. The Kier molecular flexibility index (Phi) is 3.51. The maximum absolute atomic E-state index is 13.4. The molecule has 1 aromatic heterocycles. The minimum absolute atomic E-state index is 0.0873. The van der Waals surface area contributed by atoms with Crippen molar-refractivity contribution in [3.63, 3.8) is 0 Å². The van der Waals surface area contributed by atoms with Crippen LogP contribution in [0, 0.1) is 11.6 Å². The topological polar surface area (TPSA) is 93.6 Å². The Labute approximate surface area is 106 Å². The number of nitrogens with two attached hydrogens (primary N) is 1. The van der Waals surface area contributed by atoms with Gasteiger partial charge in [0, 0.05) is 6.20 Å². The number of oxime groups is 1. The van der Waals surface area contributed by atoms with Gasteiger partial charge in [0.1, 0.15) is 5.69 Å². The normalized spacial score (nSPS) is 11.4. The molecule has 0 spiro atoms. The molecule has 6 nitrogen and oxygen atoms in total. The summed E-state index contributed by atoms with van der Waals surface area (Å²) >= 11 is 0. The molecule has 1 heterocycles. The van der Waals surface area contributed by atoms with Crippen LogP contribution in [-0.4, -0.2) is 21.0 Å². The van der Waals surface area contributed by atoms with Crippen LogP contribution in [0.25, 0.3) is 0 Å². The second-order valence-corrected chi connectivity index (χ2v) is 3.36. The number of aromatic nitrogens is 2. The first kappa shape index (κ1) is 12.7. The molecule has 1 aromatic carbocycles. The summed E-state index contributed by atoms with van der Waals surface area (Å²) < 4.78 is 31.3. The molecular weight excluding hydrogens is 258 g/mol. The number of rotatable bonds is 3. The van der Waals surface area contributed by atoms with Crippen LogP contribution in [0.15, 0.2) is 35.6 Å². The van der Waals surface area contributed by atoms with Crippen molar-refractivity contribution >= 4 is 5.84 Å². The largest absolute Gasteiger partial charge is 0.421 e. The Hall–Kier alpha value is -2.77. The van der Waals surface area contributed by atoms with Gasteiger partial charge in [-0.15, -0.1) is 0 Å². The molecule has 0 bridgehead atoms. The van der Waals surface area contributed by atoms with Crippen molar-refractivity contribution in [2.75, 3.05) is 0 Å². The van der Waals surface area contributed by atoms with Crippen molar-refractivity contribution in [2.45, 2.75) is 0 Å². The van der Waals surface area contributed by atoms with Gasteiger partial charge in [-0.3, -0.25) is 0 Å². The van der Waals surface area contributed by atoms with Crippen LogP contribution < -0.4 is 10.5 Å². The summed E-state index contributed by atoms with van der Waals surface area (Å²) in [5.41, 5.74) is 5.42. The maximum atomic E-state index is 13.4. The van der Waals surface area contributed by atoms with Crippen LogP contribution in [0.4, 0.5) is 8.78 Å². The minimum Gasteiger partial charge on any atom is -0.421 e. The van der Waals surface area contributed by atoms with Gasteiger partial charge in [-0.25, -0.2) is 9.37 Å². The zero-order valence-corrected chi connectivity index (χ0v) is 9.42. The minimum atomic E-state index is -1.15. The summed E-state index contributed by atoms with van der Waals surface area (Å²) in [5.74, 6) is -2.82. The van der Waals surface area contributed by atoms with E-state index in [1.165, 1.54) is 24.4 Å². The van der Waals surface area contributed by atoms with Gasteiger partial charge in [-0.2, -0.15) is 9.37 Å². The number of hydrogen-bond acceptors (Lipinski definition) is 5. The van der Waals surface area contributed by atoms with Crippen molar-refractivity contribution in [3.05, 3.63) is 47.8 Å². The molecule has 8 heteroatoms. The second kappa shape index (κ2) is 5.25. The molecule has 0 saturated heterocycles. The van der Waals surface area contributed by atoms with E-state index in [1.807, 2.05) is 0 Å². The van der Waals surface area contributed by atoms with Gasteiger partial charge in [0.05, 0.1) is 0 Å². The van der Waals surface area contributed by atoms with Crippen molar-refractivity contribution in [1.29, 1.82) is 0 Å². The van der Waals surface area contributed by atoms with Crippen LogP contribution in [0.2, 0.25) is 0 Å². The summed E-state index contributed by atoms with van der Waals surface area (Å²) in [4.78, 5) is 7.48. The second-order valence-electron chi connectivity index (χ2n) is 3.36. The third-order valence-corrected chi connectivity index (χ3v) is 2.12. The molecule has 2 rings (SSSR count). The highest BCUT2D eigenvalue weighted by molar-refractivity contribution is 5.95. The smallest absolute Gasteiger partial charge is 0.322 e. The summed E-state index contributed by atoms with van der Waals surface area (Å²) in [6.07, 6.45) is 1.27. The van der Waals surface area contributed by atoms with E-state index >= 15 is 0 Å². The number of nitrogens with zero attached hydrogens (tertiary/aromatic N) is 3. The van der Waals surface area contributed by atoms with E-state index in [-0.39, 0.29) is 23.3 Å². The number of hydrogen-bond donors (Lipinski definition) is 2. The fraction of sp³-hybridized carbons (Fsp3) is 0. The molecule has 0 fully saturated rings. The third kappa shape index (κ3) is 2.73. The summed E-state index contributed by atoms with van der Waals surface area (Å²) in [6, 6.07) is 4.56. The molecular formula is C11H8F2N4O2. The van der Waals surface area contributed by atoms with Crippen LogP contribution in [0.5, 0.6) is 11.8 Å². The quantitative estimate of drug-likeness (QED) is 0.381. The Bertz CT molecular complexity index is 634. The molecule has 0 aliphatic carbocycles.